The molecule has 3 unspecified atom stereocenters. The van der Waals surface area contributed by atoms with Gasteiger partial charge in [0.2, 0.25) is 5.91 Å². The van der Waals surface area contributed by atoms with Crippen molar-refractivity contribution in [3.63, 3.8) is 0 Å². The van der Waals surface area contributed by atoms with Crippen molar-refractivity contribution in [2.75, 3.05) is 6.54 Å². The lowest BCUT2D eigenvalue weighted by Crippen LogP contribution is -2.41. The number of hydrogen-bond donors (Lipinski definition) is 2. The van der Waals surface area contributed by atoms with E-state index in [1.54, 1.807) is 0 Å². The Hall–Kier alpha value is -1.20. The molecule has 2 rings (SSSR count). The van der Waals surface area contributed by atoms with Crippen LogP contribution in [0.2, 0.25) is 0 Å². The van der Waals surface area contributed by atoms with Gasteiger partial charge in [-0.25, -0.2) is 8.78 Å². The molecule has 1 aromatic rings. The topological polar surface area (TPSA) is 55.1 Å². The average molecular weight is 333 g/mol. The maximum Gasteiger partial charge on any atom is 0.224 e. The molecule has 1 saturated carbocycles. The normalized spacial score (nSPS) is 20.9. The Morgan fingerprint density at radius 2 is 2.18 bits per heavy atom. The van der Waals surface area contributed by atoms with Crippen molar-refractivity contribution in [2.24, 2.45) is 11.7 Å². The first kappa shape index (κ1) is 18.8. The van der Waals surface area contributed by atoms with Gasteiger partial charge in [0.25, 0.3) is 0 Å². The monoisotopic (exact) mass is 332 g/mol. The molecule has 1 fully saturated rings. The molecular formula is C16H23ClF2N2O. The third kappa shape index (κ3) is 4.65. The van der Waals surface area contributed by atoms with Crippen molar-refractivity contribution < 1.29 is 13.6 Å². The summed E-state index contributed by atoms with van der Waals surface area (Å²) < 4.78 is 26.9. The van der Waals surface area contributed by atoms with E-state index in [2.05, 4.69) is 12.2 Å². The van der Waals surface area contributed by atoms with Gasteiger partial charge in [0.1, 0.15) is 11.6 Å². The lowest BCUT2D eigenvalue weighted by Gasteiger charge is -2.16. The van der Waals surface area contributed by atoms with Gasteiger partial charge in [-0.15, -0.1) is 12.4 Å². The predicted molar refractivity (Wildman–Crippen MR) is 85.0 cm³/mol. The molecule has 0 heterocycles. The first-order valence-corrected chi connectivity index (χ1v) is 7.52. The summed E-state index contributed by atoms with van der Waals surface area (Å²) in [6.07, 6.45) is 3.48. The van der Waals surface area contributed by atoms with Gasteiger partial charge in [-0.3, -0.25) is 4.79 Å². The molecule has 3 N–H and O–H groups in total. The van der Waals surface area contributed by atoms with Crippen LogP contribution in [-0.4, -0.2) is 18.5 Å². The molecule has 0 saturated heterocycles. The first-order valence-electron chi connectivity index (χ1n) is 7.52. The van der Waals surface area contributed by atoms with Gasteiger partial charge >= 0.3 is 0 Å². The Morgan fingerprint density at radius 3 is 2.82 bits per heavy atom. The van der Waals surface area contributed by atoms with Gasteiger partial charge in [0, 0.05) is 18.5 Å². The summed E-state index contributed by atoms with van der Waals surface area (Å²) in [5, 5.41) is 2.92. The number of carbonyl (C=O) groups excluding carboxylic acids is 1. The highest BCUT2D eigenvalue weighted by Gasteiger charge is 2.45. The largest absolute Gasteiger partial charge is 0.352 e. The number of benzene rings is 1. The highest BCUT2D eigenvalue weighted by atomic mass is 35.5. The molecule has 0 spiro atoms. The second-order valence-electron chi connectivity index (χ2n) is 5.70. The van der Waals surface area contributed by atoms with E-state index in [-0.39, 0.29) is 36.2 Å². The third-order valence-corrected chi connectivity index (χ3v) is 4.02. The van der Waals surface area contributed by atoms with Gasteiger partial charge < -0.3 is 11.1 Å². The number of carbonyl (C=O) groups is 1. The fraction of sp³-hybridized carbons (Fsp3) is 0.562. The Labute approximate surface area is 136 Å². The molecule has 3 atom stereocenters. The fourth-order valence-electron chi connectivity index (χ4n) is 2.63. The van der Waals surface area contributed by atoms with Crippen LogP contribution in [0.25, 0.3) is 0 Å². The van der Waals surface area contributed by atoms with Crippen LogP contribution in [-0.2, 0) is 4.79 Å². The second-order valence-corrected chi connectivity index (χ2v) is 5.70. The van der Waals surface area contributed by atoms with Crippen molar-refractivity contribution in [1.82, 2.24) is 5.32 Å². The van der Waals surface area contributed by atoms with Crippen molar-refractivity contribution in [3.05, 3.63) is 35.4 Å². The molecule has 6 heteroatoms. The minimum Gasteiger partial charge on any atom is -0.352 e. The number of hydrogen-bond acceptors (Lipinski definition) is 2. The summed E-state index contributed by atoms with van der Waals surface area (Å²) >= 11 is 0. The van der Waals surface area contributed by atoms with Gasteiger partial charge in [0.15, 0.2) is 0 Å². The Morgan fingerprint density at radius 1 is 1.45 bits per heavy atom. The quantitative estimate of drug-likeness (QED) is 0.806. The minimum absolute atomic E-state index is 0. The maximum atomic E-state index is 13.7. The lowest BCUT2D eigenvalue weighted by molar-refractivity contribution is -0.123. The molecule has 22 heavy (non-hydrogen) atoms. The number of amides is 1. The summed E-state index contributed by atoms with van der Waals surface area (Å²) in [7, 11) is 0. The van der Waals surface area contributed by atoms with Gasteiger partial charge in [-0.05, 0) is 42.5 Å². The Bertz CT molecular complexity index is 513. The van der Waals surface area contributed by atoms with Crippen LogP contribution >= 0.6 is 12.4 Å². The van der Waals surface area contributed by atoms with Gasteiger partial charge in [0.05, 0.1) is 0 Å². The highest BCUT2D eigenvalue weighted by molar-refractivity contribution is 5.85. The summed E-state index contributed by atoms with van der Waals surface area (Å²) in [6.45, 7) is 2.48. The smallest absolute Gasteiger partial charge is 0.224 e. The van der Waals surface area contributed by atoms with E-state index in [1.165, 1.54) is 6.07 Å². The number of halogens is 3. The van der Waals surface area contributed by atoms with Crippen molar-refractivity contribution in [1.29, 1.82) is 0 Å². The Kier molecular flexibility index (Phi) is 7.23. The van der Waals surface area contributed by atoms with E-state index in [4.69, 9.17) is 5.73 Å². The maximum absolute atomic E-state index is 13.7. The zero-order valence-electron chi connectivity index (χ0n) is 12.6. The molecule has 3 nitrogen and oxygen atoms in total. The molecule has 0 aliphatic heterocycles. The summed E-state index contributed by atoms with van der Waals surface area (Å²) in [6, 6.07) is 3.36. The number of rotatable bonds is 7. The third-order valence-electron chi connectivity index (χ3n) is 4.02. The van der Waals surface area contributed by atoms with Crippen LogP contribution in [0.5, 0.6) is 0 Å². The molecule has 0 aromatic heterocycles. The van der Waals surface area contributed by atoms with E-state index in [0.717, 1.165) is 31.4 Å². The molecule has 1 aliphatic rings. The van der Waals surface area contributed by atoms with Crippen LogP contribution in [0.3, 0.4) is 0 Å². The molecule has 1 amide bonds. The molecule has 1 aliphatic carbocycles. The lowest BCUT2D eigenvalue weighted by atomic mass is 10.1. The van der Waals surface area contributed by atoms with Crippen LogP contribution in [0.1, 0.15) is 44.1 Å². The molecule has 1 aromatic carbocycles. The first-order chi connectivity index (χ1) is 10.1. The molecule has 0 bridgehead atoms. The van der Waals surface area contributed by atoms with E-state index >= 15 is 0 Å². The molecular weight excluding hydrogens is 310 g/mol. The highest BCUT2D eigenvalue weighted by Crippen LogP contribution is 2.48. The summed E-state index contributed by atoms with van der Waals surface area (Å²) in [5.74, 6) is -1.50. The zero-order chi connectivity index (χ0) is 15.4. The van der Waals surface area contributed by atoms with Crippen molar-refractivity contribution >= 4 is 18.3 Å². The number of nitrogens with two attached hydrogens (primary N) is 1. The van der Waals surface area contributed by atoms with E-state index in [9.17, 15) is 13.6 Å². The second kappa shape index (κ2) is 8.44. The van der Waals surface area contributed by atoms with E-state index in [0.29, 0.717) is 18.5 Å². The number of unbranched alkanes of at least 4 members (excludes halogenated alkanes) is 1. The Balaban J connectivity index is 0.00000242. The van der Waals surface area contributed by atoms with Crippen LogP contribution in [0, 0.1) is 17.6 Å². The van der Waals surface area contributed by atoms with Crippen LogP contribution in [0.4, 0.5) is 8.78 Å². The van der Waals surface area contributed by atoms with Crippen LogP contribution in [0.15, 0.2) is 18.2 Å². The SMILES string of the molecule is CCCCC(CN)NC(=O)C1CC1c1cc(F)ccc1F.Cl. The fourth-order valence-corrected chi connectivity index (χ4v) is 2.63. The van der Waals surface area contributed by atoms with Crippen molar-refractivity contribution in [2.45, 2.75) is 44.6 Å². The van der Waals surface area contributed by atoms with E-state index < -0.39 is 11.6 Å². The number of nitrogens with one attached hydrogen (secondary N) is 1. The van der Waals surface area contributed by atoms with Gasteiger partial charge in [-0.2, -0.15) is 0 Å². The molecule has 124 valence electrons. The minimum atomic E-state index is -0.472. The predicted octanol–water partition coefficient (Wildman–Crippen LogP) is 3.12. The standard InChI is InChI=1S/C16H22F2N2O.ClH/c1-2-3-4-11(9-19)20-16(21)14-8-12(14)13-7-10(17)5-6-15(13)18;/h5-7,11-12,14H,2-4,8-9,19H2,1H3,(H,20,21);1H. The summed E-state index contributed by atoms with van der Waals surface area (Å²) in [4.78, 5) is 12.1. The average Bonchev–Trinajstić information content (AvgIpc) is 3.26. The van der Waals surface area contributed by atoms with Crippen molar-refractivity contribution in [3.8, 4) is 0 Å². The van der Waals surface area contributed by atoms with Gasteiger partial charge in [-0.1, -0.05) is 19.8 Å². The van der Waals surface area contributed by atoms with Crippen LogP contribution < -0.4 is 11.1 Å². The molecule has 0 radical (unpaired) electrons. The summed E-state index contributed by atoms with van der Waals surface area (Å²) in [5.41, 5.74) is 5.95. The zero-order valence-corrected chi connectivity index (χ0v) is 13.5. The van der Waals surface area contributed by atoms with E-state index in [1.807, 2.05) is 0 Å².